The van der Waals surface area contributed by atoms with E-state index in [2.05, 4.69) is 10.3 Å². The number of carbonyl (C=O) groups is 1. The summed E-state index contributed by atoms with van der Waals surface area (Å²) in [5, 5.41) is 14.6. The zero-order valence-electron chi connectivity index (χ0n) is 13.1. The van der Waals surface area contributed by atoms with Crippen LogP contribution in [0, 0.1) is 10.1 Å². The van der Waals surface area contributed by atoms with Crippen LogP contribution in [0.25, 0.3) is 0 Å². The molecule has 26 heavy (non-hydrogen) atoms. The van der Waals surface area contributed by atoms with Crippen LogP contribution >= 0.6 is 34.5 Å². The van der Waals surface area contributed by atoms with Gasteiger partial charge in [0.15, 0.2) is 5.13 Å². The lowest BCUT2D eigenvalue weighted by Crippen LogP contribution is -2.12. The largest absolute Gasteiger partial charge is 0.298 e. The van der Waals surface area contributed by atoms with Gasteiger partial charge in [0.2, 0.25) is 0 Å². The Morgan fingerprint density at radius 1 is 1.23 bits per heavy atom. The van der Waals surface area contributed by atoms with Crippen molar-refractivity contribution in [1.29, 1.82) is 0 Å². The third-order valence-electron chi connectivity index (χ3n) is 3.45. The normalized spacial score (nSPS) is 10.5. The molecule has 0 radical (unpaired) electrons. The molecule has 0 saturated carbocycles. The third kappa shape index (κ3) is 4.37. The lowest BCUT2D eigenvalue weighted by molar-refractivity contribution is -0.384. The molecular weight excluding hydrogens is 397 g/mol. The molecule has 9 heteroatoms. The van der Waals surface area contributed by atoms with Crippen LogP contribution in [0.2, 0.25) is 10.0 Å². The highest BCUT2D eigenvalue weighted by Crippen LogP contribution is 2.26. The molecule has 1 amide bonds. The number of aromatic nitrogens is 1. The Balaban J connectivity index is 1.74. The fourth-order valence-electron chi connectivity index (χ4n) is 2.26. The van der Waals surface area contributed by atoms with Gasteiger partial charge in [0.1, 0.15) is 0 Å². The number of nitrogens with zero attached hydrogens (tertiary/aromatic N) is 2. The highest BCUT2D eigenvalue weighted by molar-refractivity contribution is 7.15. The molecule has 0 aliphatic rings. The van der Waals surface area contributed by atoms with Gasteiger partial charge in [-0.3, -0.25) is 20.2 Å². The van der Waals surface area contributed by atoms with E-state index in [1.54, 1.807) is 12.3 Å². The Kier molecular flexibility index (Phi) is 5.51. The van der Waals surface area contributed by atoms with Crippen molar-refractivity contribution in [3.05, 3.63) is 84.8 Å². The first-order chi connectivity index (χ1) is 12.4. The Bertz CT molecular complexity index is 991. The molecule has 2 aromatic carbocycles. The summed E-state index contributed by atoms with van der Waals surface area (Å²) >= 11 is 13.3. The van der Waals surface area contributed by atoms with Gasteiger partial charge in [0.05, 0.1) is 15.5 Å². The fourth-order valence-corrected chi connectivity index (χ4v) is 3.52. The van der Waals surface area contributed by atoms with Crippen LogP contribution in [0.1, 0.15) is 20.8 Å². The van der Waals surface area contributed by atoms with Crippen LogP contribution in [-0.4, -0.2) is 15.8 Å². The van der Waals surface area contributed by atoms with Gasteiger partial charge in [-0.25, -0.2) is 4.98 Å². The summed E-state index contributed by atoms with van der Waals surface area (Å²) in [6.07, 6.45) is 2.29. The smallest absolute Gasteiger partial charge is 0.270 e. The molecule has 6 nitrogen and oxygen atoms in total. The quantitative estimate of drug-likeness (QED) is 0.464. The maximum absolute atomic E-state index is 12.4. The number of nitro groups is 1. The number of amides is 1. The molecular formula is C17H11Cl2N3O3S. The first-order valence-electron chi connectivity index (χ1n) is 7.37. The molecule has 0 atom stereocenters. The van der Waals surface area contributed by atoms with E-state index in [0.717, 1.165) is 16.5 Å². The van der Waals surface area contributed by atoms with Crippen LogP contribution in [0.15, 0.2) is 48.7 Å². The van der Waals surface area contributed by atoms with Crippen LogP contribution in [0.5, 0.6) is 0 Å². The molecule has 0 fully saturated rings. The van der Waals surface area contributed by atoms with Crippen molar-refractivity contribution >= 4 is 51.3 Å². The van der Waals surface area contributed by atoms with Gasteiger partial charge in [0.25, 0.3) is 11.6 Å². The maximum Gasteiger partial charge on any atom is 0.270 e. The van der Waals surface area contributed by atoms with Crippen molar-refractivity contribution in [2.45, 2.75) is 6.42 Å². The fraction of sp³-hybridized carbons (Fsp3) is 0.0588. The van der Waals surface area contributed by atoms with Crippen molar-refractivity contribution in [2.75, 3.05) is 5.32 Å². The monoisotopic (exact) mass is 407 g/mol. The first-order valence-corrected chi connectivity index (χ1v) is 8.94. The molecule has 1 aromatic heterocycles. The Labute approximate surface area is 162 Å². The topological polar surface area (TPSA) is 85.1 Å². The molecule has 3 rings (SSSR count). The average molecular weight is 408 g/mol. The minimum absolute atomic E-state index is 0.0208. The van der Waals surface area contributed by atoms with Crippen molar-refractivity contribution < 1.29 is 9.72 Å². The highest BCUT2D eigenvalue weighted by atomic mass is 35.5. The van der Waals surface area contributed by atoms with Crippen LogP contribution in [0.3, 0.4) is 0 Å². The number of thiazole rings is 1. The minimum Gasteiger partial charge on any atom is -0.298 e. The van der Waals surface area contributed by atoms with Crippen LogP contribution < -0.4 is 5.32 Å². The molecule has 0 aliphatic heterocycles. The first kappa shape index (κ1) is 18.3. The van der Waals surface area contributed by atoms with Gasteiger partial charge in [0, 0.05) is 34.7 Å². The minimum atomic E-state index is -0.584. The number of carbonyl (C=O) groups excluding carboxylic acids is 1. The maximum atomic E-state index is 12.4. The lowest BCUT2D eigenvalue weighted by Gasteiger charge is -2.04. The zero-order valence-corrected chi connectivity index (χ0v) is 15.4. The molecule has 0 saturated heterocycles. The summed E-state index contributed by atoms with van der Waals surface area (Å²) in [5.74, 6) is -0.553. The third-order valence-corrected chi connectivity index (χ3v) is 4.92. The number of nitro benzene ring substituents is 1. The summed E-state index contributed by atoms with van der Waals surface area (Å²) < 4.78 is 0. The number of non-ortho nitro benzene ring substituents is 1. The summed E-state index contributed by atoms with van der Waals surface area (Å²) in [5.41, 5.74) is 0.841. The second kappa shape index (κ2) is 7.82. The summed E-state index contributed by atoms with van der Waals surface area (Å²) in [6, 6.07) is 11.2. The van der Waals surface area contributed by atoms with Crippen molar-refractivity contribution in [2.24, 2.45) is 0 Å². The van der Waals surface area contributed by atoms with E-state index in [1.165, 1.54) is 23.5 Å². The molecule has 1 heterocycles. The summed E-state index contributed by atoms with van der Waals surface area (Å²) in [6.45, 7) is 0. The van der Waals surface area contributed by atoms with Crippen LogP contribution in [0.4, 0.5) is 10.8 Å². The summed E-state index contributed by atoms with van der Waals surface area (Å²) in [4.78, 5) is 27.7. The SMILES string of the molecule is O=C(Nc1ncc(Cc2cccc(Cl)c2)s1)c1cc([N+](=O)[O-])ccc1Cl. The summed E-state index contributed by atoms with van der Waals surface area (Å²) in [7, 11) is 0. The van der Waals surface area contributed by atoms with E-state index in [4.69, 9.17) is 23.2 Å². The van der Waals surface area contributed by atoms with Crippen LogP contribution in [-0.2, 0) is 6.42 Å². The zero-order chi connectivity index (χ0) is 18.7. The highest BCUT2D eigenvalue weighted by Gasteiger charge is 2.17. The van der Waals surface area contributed by atoms with Crippen molar-refractivity contribution in [1.82, 2.24) is 4.98 Å². The van der Waals surface area contributed by atoms with E-state index in [1.807, 2.05) is 18.2 Å². The van der Waals surface area contributed by atoms with Crippen molar-refractivity contribution in [3.8, 4) is 0 Å². The Hall–Kier alpha value is -2.48. The standard InChI is InChI=1S/C17H11Cl2N3O3S/c18-11-3-1-2-10(6-11)7-13-9-20-17(26-13)21-16(23)14-8-12(22(24)25)4-5-15(14)19/h1-6,8-9H,7H2,(H,20,21,23). The number of hydrogen-bond acceptors (Lipinski definition) is 5. The molecule has 1 N–H and O–H groups in total. The number of hydrogen-bond donors (Lipinski definition) is 1. The molecule has 0 bridgehead atoms. The van der Waals surface area contributed by atoms with E-state index in [0.29, 0.717) is 16.6 Å². The number of nitrogens with one attached hydrogen (secondary N) is 1. The molecule has 0 aliphatic carbocycles. The van der Waals surface area contributed by atoms with Crippen molar-refractivity contribution in [3.63, 3.8) is 0 Å². The van der Waals surface area contributed by atoms with E-state index in [-0.39, 0.29) is 16.3 Å². The second-order valence-corrected chi connectivity index (χ2v) is 7.27. The lowest BCUT2D eigenvalue weighted by atomic mass is 10.1. The molecule has 0 spiro atoms. The molecule has 0 unspecified atom stereocenters. The average Bonchev–Trinajstić information content (AvgIpc) is 3.01. The van der Waals surface area contributed by atoms with Gasteiger partial charge in [-0.2, -0.15) is 0 Å². The van der Waals surface area contributed by atoms with E-state index >= 15 is 0 Å². The number of rotatable bonds is 5. The van der Waals surface area contributed by atoms with E-state index in [9.17, 15) is 14.9 Å². The molecule has 3 aromatic rings. The van der Waals surface area contributed by atoms with Gasteiger partial charge >= 0.3 is 0 Å². The number of benzene rings is 2. The Morgan fingerprint density at radius 3 is 2.77 bits per heavy atom. The number of halogens is 2. The molecule has 132 valence electrons. The predicted octanol–water partition coefficient (Wildman–Crippen LogP) is 5.20. The van der Waals surface area contributed by atoms with Gasteiger partial charge in [-0.15, -0.1) is 11.3 Å². The number of anilines is 1. The van der Waals surface area contributed by atoms with Gasteiger partial charge in [-0.05, 0) is 23.8 Å². The van der Waals surface area contributed by atoms with Gasteiger partial charge < -0.3 is 0 Å². The van der Waals surface area contributed by atoms with E-state index < -0.39 is 10.8 Å². The second-order valence-electron chi connectivity index (χ2n) is 5.31. The predicted molar refractivity (Wildman–Crippen MR) is 102 cm³/mol. The van der Waals surface area contributed by atoms with Gasteiger partial charge in [-0.1, -0.05) is 35.3 Å². The Morgan fingerprint density at radius 2 is 2.04 bits per heavy atom.